The van der Waals surface area contributed by atoms with Gasteiger partial charge in [-0.25, -0.2) is 0 Å². The summed E-state index contributed by atoms with van der Waals surface area (Å²) in [6.07, 6.45) is 0. The molecule has 0 saturated carbocycles. The molecule has 0 aliphatic carbocycles. The highest BCUT2D eigenvalue weighted by atomic mass is 35.5. The number of rotatable bonds is 4. The third-order valence-corrected chi connectivity index (χ3v) is 2.94. The predicted molar refractivity (Wildman–Crippen MR) is 70.8 cm³/mol. The Morgan fingerprint density at radius 2 is 1.58 bits per heavy atom. The molecule has 0 spiro atoms. The summed E-state index contributed by atoms with van der Waals surface area (Å²) in [5.74, 6) is 2.27. The van der Waals surface area contributed by atoms with Crippen molar-refractivity contribution in [3.8, 4) is 22.9 Å². The first-order chi connectivity index (χ1) is 9.12. The molecule has 1 aromatic carbocycles. The third kappa shape index (κ3) is 2.31. The van der Waals surface area contributed by atoms with E-state index in [1.807, 2.05) is 6.92 Å². The third-order valence-electron chi connectivity index (χ3n) is 2.69. The van der Waals surface area contributed by atoms with Gasteiger partial charge in [0, 0.05) is 12.1 Å². The summed E-state index contributed by atoms with van der Waals surface area (Å²) in [6.45, 7) is 1.81. The fraction of sp³-hybridized carbons (Fsp3) is 0.333. The Labute approximate surface area is 115 Å². The monoisotopic (exact) mass is 283 g/mol. The van der Waals surface area contributed by atoms with Gasteiger partial charge in [-0.3, -0.25) is 4.57 Å². The van der Waals surface area contributed by atoms with Crippen LogP contribution in [0.2, 0.25) is 5.28 Å². The van der Waals surface area contributed by atoms with Gasteiger partial charge in [-0.15, -0.1) is 10.2 Å². The lowest BCUT2D eigenvalue weighted by atomic mass is 10.2. The lowest BCUT2D eigenvalue weighted by Gasteiger charge is -2.15. The van der Waals surface area contributed by atoms with Gasteiger partial charge < -0.3 is 14.2 Å². The molecule has 19 heavy (non-hydrogen) atoms. The van der Waals surface area contributed by atoms with Gasteiger partial charge in [0.2, 0.25) is 11.0 Å². The van der Waals surface area contributed by atoms with Gasteiger partial charge in [-0.2, -0.15) is 0 Å². The normalized spacial score (nSPS) is 10.4. The van der Waals surface area contributed by atoms with Gasteiger partial charge in [-0.05, 0) is 18.5 Å². The average Bonchev–Trinajstić information content (AvgIpc) is 2.76. The summed E-state index contributed by atoms with van der Waals surface area (Å²) < 4.78 is 17.5. The number of aryl methyl sites for hydroxylation is 1. The van der Waals surface area contributed by atoms with Crippen molar-refractivity contribution in [2.75, 3.05) is 21.3 Å². The van der Waals surface area contributed by atoms with E-state index in [9.17, 15) is 0 Å². The van der Waals surface area contributed by atoms with E-state index < -0.39 is 0 Å². The minimum atomic E-state index is 0.270. The lowest BCUT2D eigenvalue weighted by Crippen LogP contribution is -2.01. The minimum Gasteiger partial charge on any atom is -0.493 e. The Balaban J connectivity index is 2.66. The van der Waals surface area contributed by atoms with Gasteiger partial charge in [0.15, 0.2) is 11.5 Å². The molecule has 1 heterocycles. The molecule has 0 aliphatic heterocycles. The van der Waals surface area contributed by atoms with Crippen LogP contribution in [-0.4, -0.2) is 36.1 Å². The molecule has 0 radical (unpaired) electrons. The Morgan fingerprint density at radius 1 is 1.00 bits per heavy atom. The van der Waals surface area contributed by atoms with Crippen LogP contribution in [0.3, 0.4) is 0 Å². The van der Waals surface area contributed by atoms with Crippen molar-refractivity contribution in [1.29, 1.82) is 0 Å². The molecule has 2 rings (SSSR count). The van der Waals surface area contributed by atoms with E-state index >= 15 is 0 Å². The Kier molecular flexibility index (Phi) is 3.80. The molecule has 0 bridgehead atoms. The smallest absolute Gasteiger partial charge is 0.229 e. The predicted octanol–water partition coefficient (Wildman–Crippen LogP) is 2.25. The number of aromatic nitrogens is 3. The second-order valence-corrected chi connectivity index (χ2v) is 4.07. The standard InChI is InChI=1S/C12H14ClN3O3/c1-7-14-15-12(13)16(7)8-5-9(17-2)11(19-4)10(6-8)18-3/h5-6H,1-4H3. The first kappa shape index (κ1) is 13.5. The van der Waals surface area contributed by atoms with Gasteiger partial charge in [-0.1, -0.05) is 0 Å². The molecule has 0 saturated heterocycles. The summed E-state index contributed by atoms with van der Waals surface area (Å²) in [5, 5.41) is 8.00. The SMILES string of the molecule is COc1cc(-n2c(C)nnc2Cl)cc(OC)c1OC. The number of hydrogen-bond donors (Lipinski definition) is 0. The van der Waals surface area contributed by atoms with Crippen molar-refractivity contribution in [2.45, 2.75) is 6.92 Å². The number of hydrogen-bond acceptors (Lipinski definition) is 5. The van der Waals surface area contributed by atoms with Crippen LogP contribution in [0.4, 0.5) is 0 Å². The summed E-state index contributed by atoms with van der Waals surface area (Å²) in [4.78, 5) is 0. The molecule has 0 N–H and O–H groups in total. The molecule has 0 aliphatic rings. The fourth-order valence-corrected chi connectivity index (χ4v) is 2.08. The maximum Gasteiger partial charge on any atom is 0.229 e. The topological polar surface area (TPSA) is 58.4 Å². The van der Waals surface area contributed by atoms with Crippen LogP contribution in [-0.2, 0) is 0 Å². The quantitative estimate of drug-likeness (QED) is 0.861. The zero-order chi connectivity index (χ0) is 14.0. The summed E-state index contributed by atoms with van der Waals surface area (Å²) in [6, 6.07) is 3.56. The van der Waals surface area contributed by atoms with E-state index in [0.29, 0.717) is 23.1 Å². The molecule has 0 fully saturated rings. The van der Waals surface area contributed by atoms with Crippen LogP contribution in [0.15, 0.2) is 12.1 Å². The molecule has 2 aromatic rings. The van der Waals surface area contributed by atoms with Crippen LogP contribution in [0.25, 0.3) is 5.69 Å². The Morgan fingerprint density at radius 3 is 1.95 bits per heavy atom. The summed E-state index contributed by atoms with van der Waals surface area (Å²) in [7, 11) is 4.67. The summed E-state index contributed by atoms with van der Waals surface area (Å²) >= 11 is 6.02. The molecule has 102 valence electrons. The van der Waals surface area contributed by atoms with E-state index in [1.54, 1.807) is 38.0 Å². The molecular formula is C12H14ClN3O3. The molecule has 6 nitrogen and oxygen atoms in total. The minimum absolute atomic E-state index is 0.270. The Hall–Kier alpha value is -1.95. The van der Waals surface area contributed by atoms with Gasteiger partial charge in [0.05, 0.1) is 27.0 Å². The van der Waals surface area contributed by atoms with Crippen molar-refractivity contribution < 1.29 is 14.2 Å². The molecule has 1 aromatic heterocycles. The number of methoxy groups -OCH3 is 3. The highest BCUT2D eigenvalue weighted by Crippen LogP contribution is 2.39. The number of nitrogens with zero attached hydrogens (tertiary/aromatic N) is 3. The van der Waals surface area contributed by atoms with Crippen LogP contribution in [0.5, 0.6) is 17.2 Å². The van der Waals surface area contributed by atoms with E-state index in [0.717, 1.165) is 5.69 Å². The number of ether oxygens (including phenoxy) is 3. The maximum atomic E-state index is 6.02. The van der Waals surface area contributed by atoms with Crippen LogP contribution < -0.4 is 14.2 Å². The van der Waals surface area contributed by atoms with Crippen molar-refractivity contribution in [3.05, 3.63) is 23.2 Å². The van der Waals surface area contributed by atoms with E-state index in [2.05, 4.69) is 10.2 Å². The van der Waals surface area contributed by atoms with E-state index in [1.165, 1.54) is 0 Å². The van der Waals surface area contributed by atoms with Crippen molar-refractivity contribution in [2.24, 2.45) is 0 Å². The van der Waals surface area contributed by atoms with Gasteiger partial charge in [0.25, 0.3) is 0 Å². The van der Waals surface area contributed by atoms with Crippen molar-refractivity contribution in [3.63, 3.8) is 0 Å². The summed E-state index contributed by atoms with van der Waals surface area (Å²) in [5.41, 5.74) is 0.738. The molecule has 7 heteroatoms. The largest absolute Gasteiger partial charge is 0.493 e. The van der Waals surface area contributed by atoms with Gasteiger partial charge >= 0.3 is 0 Å². The lowest BCUT2D eigenvalue weighted by molar-refractivity contribution is 0.324. The fourth-order valence-electron chi connectivity index (χ4n) is 1.83. The van der Waals surface area contributed by atoms with E-state index in [4.69, 9.17) is 25.8 Å². The second kappa shape index (κ2) is 5.36. The highest BCUT2D eigenvalue weighted by Gasteiger charge is 2.16. The van der Waals surface area contributed by atoms with Crippen LogP contribution in [0, 0.1) is 6.92 Å². The van der Waals surface area contributed by atoms with Crippen LogP contribution >= 0.6 is 11.6 Å². The molecular weight excluding hydrogens is 270 g/mol. The molecule has 0 atom stereocenters. The average molecular weight is 284 g/mol. The number of benzene rings is 1. The molecule has 0 amide bonds. The zero-order valence-corrected chi connectivity index (χ0v) is 11.9. The van der Waals surface area contributed by atoms with E-state index in [-0.39, 0.29) is 5.28 Å². The van der Waals surface area contributed by atoms with Crippen molar-refractivity contribution >= 4 is 11.6 Å². The first-order valence-corrected chi connectivity index (χ1v) is 5.88. The highest BCUT2D eigenvalue weighted by molar-refractivity contribution is 6.28. The molecule has 0 unspecified atom stereocenters. The number of halogens is 1. The van der Waals surface area contributed by atoms with Crippen molar-refractivity contribution in [1.82, 2.24) is 14.8 Å². The Bertz CT molecular complexity index is 553. The zero-order valence-electron chi connectivity index (χ0n) is 11.1. The maximum absolute atomic E-state index is 6.02. The van der Waals surface area contributed by atoms with Gasteiger partial charge in [0.1, 0.15) is 5.82 Å². The first-order valence-electron chi connectivity index (χ1n) is 5.50. The second-order valence-electron chi connectivity index (χ2n) is 3.74. The van der Waals surface area contributed by atoms with Crippen LogP contribution in [0.1, 0.15) is 5.82 Å².